The number of nitrogens with zero attached hydrogens (tertiary/aromatic N) is 4. The summed E-state index contributed by atoms with van der Waals surface area (Å²) < 4.78 is 0. The molecule has 1 aromatic heterocycles. The van der Waals surface area contributed by atoms with Crippen LogP contribution in [0.25, 0.3) is 11.3 Å². The zero-order chi connectivity index (χ0) is 29.2. The smallest absolute Gasteiger partial charge is 0.497 e. The van der Waals surface area contributed by atoms with Gasteiger partial charge in [0.1, 0.15) is 0 Å². The maximum atomic E-state index is 4.22. The van der Waals surface area contributed by atoms with Crippen molar-refractivity contribution in [3.63, 3.8) is 0 Å². The Bertz CT molecular complexity index is 1530. The summed E-state index contributed by atoms with van der Waals surface area (Å²) >= 11 is 0. The SMILES string of the molecule is CN1c2cccc3c2N([CH-]N3C(C)(C)C)c2[c-]cc3c(c21)C(C)(C)CCC3(C)C.[Ir+3].[c-]1ccccc1-c1ccccn1. The van der Waals surface area contributed by atoms with Crippen LogP contribution in [0, 0.1) is 18.8 Å². The van der Waals surface area contributed by atoms with Crippen LogP contribution in [0.3, 0.4) is 0 Å². The van der Waals surface area contributed by atoms with Crippen molar-refractivity contribution in [2.45, 2.75) is 77.7 Å². The van der Waals surface area contributed by atoms with Crippen molar-refractivity contribution >= 4 is 28.4 Å². The van der Waals surface area contributed by atoms with Gasteiger partial charge in [-0.3, -0.25) is 0 Å². The predicted molar refractivity (Wildman–Crippen MR) is 172 cm³/mol. The fourth-order valence-corrected chi connectivity index (χ4v) is 6.51. The van der Waals surface area contributed by atoms with E-state index in [1.165, 1.54) is 52.4 Å². The zero-order valence-corrected chi connectivity index (χ0v) is 28.4. The van der Waals surface area contributed by atoms with Gasteiger partial charge in [0, 0.05) is 17.4 Å². The molecule has 4 nitrogen and oxygen atoms in total. The van der Waals surface area contributed by atoms with Gasteiger partial charge in [-0.25, -0.2) is 0 Å². The average Bonchev–Trinajstić information content (AvgIpc) is 3.36. The molecule has 0 saturated heterocycles. The van der Waals surface area contributed by atoms with Crippen molar-refractivity contribution in [1.29, 1.82) is 0 Å². The van der Waals surface area contributed by atoms with E-state index in [-0.39, 0.29) is 36.5 Å². The van der Waals surface area contributed by atoms with E-state index in [4.69, 9.17) is 0 Å². The van der Waals surface area contributed by atoms with Crippen LogP contribution < -0.4 is 14.7 Å². The molecule has 218 valence electrons. The molecule has 3 aromatic carbocycles. The zero-order valence-electron chi connectivity index (χ0n) is 26.0. The number of hydrogen-bond donors (Lipinski definition) is 0. The first-order chi connectivity index (χ1) is 19.4. The first-order valence-corrected chi connectivity index (χ1v) is 14.7. The number of hydrogen-bond acceptors (Lipinski definition) is 4. The van der Waals surface area contributed by atoms with Crippen molar-refractivity contribution in [3.8, 4) is 11.3 Å². The van der Waals surface area contributed by atoms with Crippen molar-refractivity contribution in [1.82, 2.24) is 4.98 Å². The molecule has 3 aliphatic rings. The second-order valence-corrected chi connectivity index (χ2v) is 13.8. The van der Waals surface area contributed by atoms with Crippen molar-refractivity contribution in [2.75, 3.05) is 21.7 Å². The summed E-state index contributed by atoms with van der Waals surface area (Å²) in [5.74, 6) is 0. The summed E-state index contributed by atoms with van der Waals surface area (Å²) in [5, 5.41) is 0. The third-order valence-corrected chi connectivity index (χ3v) is 8.90. The molecule has 0 spiro atoms. The predicted octanol–water partition coefficient (Wildman–Crippen LogP) is 9.34. The van der Waals surface area contributed by atoms with Crippen molar-refractivity contribution in [3.05, 3.63) is 103 Å². The van der Waals surface area contributed by atoms with Crippen molar-refractivity contribution < 1.29 is 20.1 Å². The van der Waals surface area contributed by atoms with E-state index < -0.39 is 0 Å². The van der Waals surface area contributed by atoms with Crippen LogP contribution in [0.5, 0.6) is 0 Å². The van der Waals surface area contributed by atoms with Crippen molar-refractivity contribution in [2.24, 2.45) is 0 Å². The summed E-state index contributed by atoms with van der Waals surface area (Å²) in [4.78, 5) is 11.4. The molecule has 7 rings (SSSR count). The molecule has 3 heterocycles. The average molecular weight is 734 g/mol. The fourth-order valence-electron chi connectivity index (χ4n) is 6.51. The van der Waals surface area contributed by atoms with Crippen LogP contribution in [-0.2, 0) is 30.9 Å². The first kappa shape index (κ1) is 30.3. The topological polar surface area (TPSA) is 22.6 Å². The molecule has 0 atom stereocenters. The van der Waals surface area contributed by atoms with Crippen LogP contribution in [0.2, 0.25) is 0 Å². The van der Waals surface area contributed by atoms with Crippen LogP contribution in [0.15, 0.2) is 72.9 Å². The molecular formula is C37H41IrN4. The Kier molecular flexibility index (Phi) is 7.83. The molecule has 4 aromatic rings. The molecule has 42 heavy (non-hydrogen) atoms. The number of fused-ring (bicyclic) bond motifs is 4. The molecular weight excluding hydrogens is 693 g/mol. The second-order valence-electron chi connectivity index (χ2n) is 13.8. The van der Waals surface area contributed by atoms with Gasteiger partial charge in [0.2, 0.25) is 0 Å². The normalized spacial score (nSPS) is 17.3. The molecule has 0 amide bonds. The summed E-state index contributed by atoms with van der Waals surface area (Å²) in [7, 11) is 2.23. The van der Waals surface area contributed by atoms with E-state index in [9.17, 15) is 0 Å². The van der Waals surface area contributed by atoms with Gasteiger partial charge in [-0.2, -0.15) is 18.8 Å². The van der Waals surface area contributed by atoms with E-state index in [1.807, 2.05) is 42.5 Å². The Balaban J connectivity index is 0.000000228. The number of rotatable bonds is 1. The van der Waals surface area contributed by atoms with Gasteiger partial charge in [0.05, 0.1) is 11.4 Å². The fraction of sp³-hybridized carbons (Fsp3) is 0.351. The van der Waals surface area contributed by atoms with E-state index in [0.717, 1.165) is 11.3 Å². The Labute approximate surface area is 266 Å². The summed E-state index contributed by atoms with van der Waals surface area (Å²) in [6, 6.07) is 29.5. The molecule has 0 unspecified atom stereocenters. The minimum Gasteiger partial charge on any atom is -0.497 e. The molecule has 0 radical (unpaired) electrons. The van der Waals surface area contributed by atoms with Gasteiger partial charge >= 0.3 is 20.1 Å². The maximum Gasteiger partial charge on any atom is 3.00 e. The van der Waals surface area contributed by atoms with Gasteiger partial charge in [-0.05, 0) is 69.2 Å². The Morgan fingerprint density at radius 1 is 0.833 bits per heavy atom. The third-order valence-electron chi connectivity index (χ3n) is 8.90. The number of benzene rings is 3. The molecule has 0 bridgehead atoms. The minimum absolute atomic E-state index is 0. The second kappa shape index (κ2) is 10.8. The van der Waals surface area contributed by atoms with Gasteiger partial charge in [-0.15, -0.1) is 47.0 Å². The summed E-state index contributed by atoms with van der Waals surface area (Å²) in [6.07, 6.45) is 4.22. The van der Waals surface area contributed by atoms with Gasteiger partial charge in [0.15, 0.2) is 0 Å². The van der Waals surface area contributed by atoms with Crippen LogP contribution in [0.4, 0.5) is 28.4 Å². The number of pyridine rings is 1. The summed E-state index contributed by atoms with van der Waals surface area (Å²) in [5.41, 5.74) is 11.7. The molecule has 0 saturated carbocycles. The Morgan fingerprint density at radius 2 is 1.55 bits per heavy atom. The molecule has 0 N–H and O–H groups in total. The number of aromatic nitrogens is 1. The quantitative estimate of drug-likeness (QED) is 0.182. The Morgan fingerprint density at radius 3 is 2.21 bits per heavy atom. The largest absolute Gasteiger partial charge is 3.00 e. The van der Waals surface area contributed by atoms with Gasteiger partial charge in [0.25, 0.3) is 0 Å². The van der Waals surface area contributed by atoms with E-state index in [1.54, 1.807) is 6.20 Å². The summed E-state index contributed by atoms with van der Waals surface area (Å²) in [6.45, 7) is 18.7. The molecule has 0 fully saturated rings. The van der Waals surface area contributed by atoms with Crippen LogP contribution >= 0.6 is 0 Å². The third kappa shape index (κ3) is 5.05. The molecule has 5 heteroatoms. The standard InChI is InChI=1S/C26H33N3.C11H8N.Ir/c1-24(2,3)29-16-28-19-13-12-17-21(26(6,7)15-14-25(17,4)5)23(19)27(8)18-10-9-11-20(29)22(18)28;1-2-6-10(7-3-1)11-8-4-5-9-12-11;/h9-12,16H,14-15H2,1-8H3;1-6,8-9H;/q-2;-1;+3. The number of anilines is 5. The maximum absolute atomic E-state index is 4.22. The minimum atomic E-state index is 0. The van der Waals surface area contributed by atoms with E-state index in [0.29, 0.717) is 0 Å². The Hall–Kier alpha value is -3.14. The van der Waals surface area contributed by atoms with Gasteiger partial charge in [-0.1, -0.05) is 63.4 Å². The van der Waals surface area contributed by atoms with Gasteiger partial charge < -0.3 is 19.7 Å². The van der Waals surface area contributed by atoms with E-state index in [2.05, 4.69) is 118 Å². The molecule has 1 aliphatic carbocycles. The monoisotopic (exact) mass is 734 g/mol. The number of para-hydroxylation sites is 1. The van der Waals surface area contributed by atoms with Crippen LogP contribution in [-0.4, -0.2) is 17.6 Å². The van der Waals surface area contributed by atoms with Crippen LogP contribution in [0.1, 0.15) is 72.4 Å². The first-order valence-electron chi connectivity index (χ1n) is 14.7. The molecule has 2 aliphatic heterocycles. The van der Waals surface area contributed by atoms with E-state index >= 15 is 0 Å².